The lowest BCUT2D eigenvalue weighted by Gasteiger charge is -2.42. The second kappa shape index (κ2) is 8.31. The Hall–Kier alpha value is -2.41. The van der Waals surface area contributed by atoms with Gasteiger partial charge in [0.1, 0.15) is 17.3 Å². The van der Waals surface area contributed by atoms with Crippen molar-refractivity contribution in [3.05, 3.63) is 32.6 Å². The van der Waals surface area contributed by atoms with Crippen molar-refractivity contribution in [3.8, 4) is 11.8 Å². The summed E-state index contributed by atoms with van der Waals surface area (Å²) in [6.07, 6.45) is 0.505. The molecule has 2 rings (SSSR count). The maximum Gasteiger partial charge on any atom is 0.330 e. The lowest BCUT2D eigenvalue weighted by molar-refractivity contribution is -0.265. The maximum absolute atomic E-state index is 12.2. The fourth-order valence-electron chi connectivity index (χ4n) is 2.49. The Labute approximate surface area is 150 Å². The first-order valence-corrected chi connectivity index (χ1v) is 8.31. The van der Waals surface area contributed by atoms with Gasteiger partial charge in [0.15, 0.2) is 6.23 Å². The zero-order chi connectivity index (χ0) is 19.3. The number of H-pyrrole nitrogens is 1. The van der Waals surface area contributed by atoms with E-state index in [1.54, 1.807) is 6.92 Å². The van der Waals surface area contributed by atoms with Crippen molar-refractivity contribution in [3.63, 3.8) is 0 Å². The van der Waals surface area contributed by atoms with Gasteiger partial charge in [0.2, 0.25) is 5.91 Å². The number of ether oxygens (including phenoxy) is 2. The van der Waals surface area contributed by atoms with E-state index in [1.165, 1.54) is 17.7 Å². The molecule has 0 bridgehead atoms. The summed E-state index contributed by atoms with van der Waals surface area (Å²) in [6, 6.07) is 0. The number of carbonyl (C=O) groups is 1. The Morgan fingerprint density at radius 1 is 1.54 bits per heavy atom. The van der Waals surface area contributed by atoms with Crippen LogP contribution < -0.4 is 16.6 Å². The van der Waals surface area contributed by atoms with Crippen LogP contribution in [0.15, 0.2) is 15.8 Å². The second-order valence-corrected chi connectivity index (χ2v) is 6.14. The molecule has 26 heavy (non-hydrogen) atoms. The molecule has 0 aromatic carbocycles. The van der Waals surface area contributed by atoms with Crippen LogP contribution in [0.3, 0.4) is 0 Å². The summed E-state index contributed by atoms with van der Waals surface area (Å²) < 4.78 is 12.8. The van der Waals surface area contributed by atoms with E-state index in [0.717, 1.165) is 0 Å². The molecular weight excluding hydrogens is 342 g/mol. The second-order valence-electron chi connectivity index (χ2n) is 6.14. The highest BCUT2D eigenvalue weighted by molar-refractivity contribution is 5.73. The van der Waals surface area contributed by atoms with E-state index in [9.17, 15) is 19.5 Å². The van der Waals surface area contributed by atoms with Crippen LogP contribution in [0.4, 0.5) is 0 Å². The van der Waals surface area contributed by atoms with Crippen molar-refractivity contribution in [1.82, 2.24) is 14.9 Å². The fraction of sp³-hybridized carbons (Fsp3) is 0.588. The lowest BCUT2D eigenvalue weighted by Crippen LogP contribution is -2.53. The zero-order valence-corrected chi connectivity index (χ0v) is 15.0. The summed E-state index contributed by atoms with van der Waals surface area (Å²) in [5.41, 5.74) is -2.14. The van der Waals surface area contributed by atoms with Crippen LogP contribution in [-0.4, -0.2) is 52.0 Å². The molecule has 1 aliphatic heterocycles. The first-order valence-electron chi connectivity index (χ1n) is 8.31. The van der Waals surface area contributed by atoms with Crippen LogP contribution in [0.2, 0.25) is 0 Å². The highest BCUT2D eigenvalue weighted by Crippen LogP contribution is 2.31. The van der Waals surface area contributed by atoms with E-state index in [1.807, 2.05) is 6.92 Å². The van der Waals surface area contributed by atoms with Gasteiger partial charge in [-0.05, 0) is 13.3 Å². The Morgan fingerprint density at radius 2 is 2.27 bits per heavy atom. The van der Waals surface area contributed by atoms with E-state index >= 15 is 0 Å². The average Bonchev–Trinajstić information content (AvgIpc) is 2.61. The normalized spacial score (nSPS) is 25.2. The van der Waals surface area contributed by atoms with Gasteiger partial charge in [-0.3, -0.25) is 19.1 Å². The minimum atomic E-state index is -0.913. The molecule has 9 heteroatoms. The Morgan fingerprint density at radius 3 is 2.88 bits per heavy atom. The fourth-order valence-corrected chi connectivity index (χ4v) is 2.49. The van der Waals surface area contributed by atoms with E-state index in [0.29, 0.717) is 6.42 Å². The smallest absolute Gasteiger partial charge is 0.330 e. The predicted molar refractivity (Wildman–Crippen MR) is 92.5 cm³/mol. The summed E-state index contributed by atoms with van der Waals surface area (Å²) in [7, 11) is 0. The van der Waals surface area contributed by atoms with Gasteiger partial charge in [0, 0.05) is 13.1 Å². The minimum Gasteiger partial charge on any atom is -0.393 e. The van der Waals surface area contributed by atoms with E-state index in [-0.39, 0.29) is 31.2 Å². The summed E-state index contributed by atoms with van der Waals surface area (Å²) in [4.78, 5) is 37.2. The summed E-state index contributed by atoms with van der Waals surface area (Å²) in [5.74, 6) is 5.03. The minimum absolute atomic E-state index is 0.0578. The molecule has 1 aliphatic rings. The molecule has 1 aromatic rings. The Kier molecular flexibility index (Phi) is 6.37. The third-order valence-corrected chi connectivity index (χ3v) is 4.20. The molecule has 1 aromatic heterocycles. The molecule has 3 unspecified atom stereocenters. The molecule has 0 aliphatic carbocycles. The molecule has 0 spiro atoms. The van der Waals surface area contributed by atoms with Gasteiger partial charge < -0.3 is 19.9 Å². The number of nitrogens with zero attached hydrogens (tertiary/aromatic N) is 1. The number of aromatic amines is 1. The van der Waals surface area contributed by atoms with Crippen molar-refractivity contribution in [2.24, 2.45) is 0 Å². The molecule has 3 atom stereocenters. The van der Waals surface area contributed by atoms with Crippen molar-refractivity contribution >= 4 is 5.91 Å². The molecule has 0 radical (unpaired) electrons. The largest absolute Gasteiger partial charge is 0.393 e. The van der Waals surface area contributed by atoms with Crippen LogP contribution in [0.1, 0.15) is 39.0 Å². The molecule has 0 saturated carbocycles. The van der Waals surface area contributed by atoms with E-state index in [4.69, 9.17) is 9.47 Å². The predicted octanol–water partition coefficient (Wildman–Crippen LogP) is -0.901. The summed E-state index contributed by atoms with van der Waals surface area (Å²) >= 11 is 0. The van der Waals surface area contributed by atoms with Gasteiger partial charge in [-0.1, -0.05) is 18.8 Å². The SMILES string of the molecule is CCC1(CO)COC(C)C(n2cc(C#CCNC(C)=O)c(=O)[nH]c2=O)O1. The van der Waals surface area contributed by atoms with E-state index in [2.05, 4.69) is 22.1 Å². The number of amides is 1. The highest BCUT2D eigenvalue weighted by Gasteiger charge is 2.41. The zero-order valence-electron chi connectivity index (χ0n) is 15.0. The van der Waals surface area contributed by atoms with Gasteiger partial charge in [0.05, 0.1) is 19.8 Å². The number of aliphatic hydroxyl groups excluding tert-OH is 1. The molecule has 1 amide bonds. The molecule has 2 heterocycles. The molecular formula is C17H23N3O6. The van der Waals surface area contributed by atoms with Crippen LogP contribution in [0, 0.1) is 11.8 Å². The number of aromatic nitrogens is 2. The van der Waals surface area contributed by atoms with Gasteiger partial charge in [-0.25, -0.2) is 4.79 Å². The van der Waals surface area contributed by atoms with Crippen molar-refractivity contribution in [1.29, 1.82) is 0 Å². The van der Waals surface area contributed by atoms with Crippen molar-refractivity contribution in [2.75, 3.05) is 19.8 Å². The number of hydrogen-bond donors (Lipinski definition) is 3. The molecule has 9 nitrogen and oxygen atoms in total. The number of aliphatic hydroxyl groups is 1. The molecule has 1 fully saturated rings. The van der Waals surface area contributed by atoms with Crippen LogP contribution in [0.5, 0.6) is 0 Å². The molecule has 1 saturated heterocycles. The maximum atomic E-state index is 12.2. The number of carbonyl (C=O) groups excluding carboxylic acids is 1. The van der Waals surface area contributed by atoms with Crippen LogP contribution in [0.25, 0.3) is 0 Å². The topological polar surface area (TPSA) is 123 Å². The lowest BCUT2D eigenvalue weighted by atomic mass is 10.0. The quantitative estimate of drug-likeness (QED) is 0.594. The van der Waals surface area contributed by atoms with Crippen LogP contribution >= 0.6 is 0 Å². The number of rotatable bonds is 4. The van der Waals surface area contributed by atoms with Gasteiger partial charge in [-0.2, -0.15) is 0 Å². The monoisotopic (exact) mass is 365 g/mol. The van der Waals surface area contributed by atoms with E-state index < -0.39 is 29.2 Å². The number of nitrogens with one attached hydrogen (secondary N) is 2. The Balaban J connectivity index is 2.36. The highest BCUT2D eigenvalue weighted by atomic mass is 16.6. The van der Waals surface area contributed by atoms with Crippen LogP contribution in [-0.2, 0) is 14.3 Å². The van der Waals surface area contributed by atoms with Gasteiger partial charge in [0.25, 0.3) is 5.56 Å². The standard InChI is InChI=1S/C17H23N3O6/c1-4-17(9-21)10-25-11(2)15(26-17)20-8-13(14(23)19-16(20)24)6-5-7-18-12(3)22/h8,11,15,21H,4,7,9-10H2,1-3H3,(H,18,22)(H,19,23,24). The molecule has 142 valence electrons. The first kappa shape index (κ1) is 19.9. The summed E-state index contributed by atoms with van der Waals surface area (Å²) in [6.45, 7) is 4.98. The Bertz CT molecular complexity index is 827. The van der Waals surface area contributed by atoms with Crippen molar-refractivity contribution in [2.45, 2.75) is 45.1 Å². The van der Waals surface area contributed by atoms with Gasteiger partial charge in [-0.15, -0.1) is 0 Å². The first-order chi connectivity index (χ1) is 12.3. The third kappa shape index (κ3) is 4.40. The third-order valence-electron chi connectivity index (χ3n) is 4.20. The molecule has 3 N–H and O–H groups in total. The average molecular weight is 365 g/mol. The summed E-state index contributed by atoms with van der Waals surface area (Å²) in [5, 5.41) is 12.1. The van der Waals surface area contributed by atoms with Gasteiger partial charge >= 0.3 is 5.69 Å². The van der Waals surface area contributed by atoms with Crippen molar-refractivity contribution < 1.29 is 19.4 Å². The number of hydrogen-bond acceptors (Lipinski definition) is 6.